The number of hydrogen-bond donors (Lipinski definition) is 6. The first kappa shape index (κ1) is 20.8. The predicted molar refractivity (Wildman–Crippen MR) is 80.1 cm³/mol. The number of carboxylic acids is 1. The summed E-state index contributed by atoms with van der Waals surface area (Å²) in [5.74, 6) is -3.38. The van der Waals surface area contributed by atoms with Crippen LogP contribution in [0.15, 0.2) is 0 Å². The first-order valence-corrected chi connectivity index (χ1v) is 7.15. The molecule has 0 spiro atoms. The summed E-state index contributed by atoms with van der Waals surface area (Å²) in [6, 6.07) is -2.06. The molecule has 0 aromatic carbocycles. The van der Waals surface area contributed by atoms with Gasteiger partial charge in [-0.3, -0.25) is 19.2 Å². The zero-order chi connectivity index (χ0) is 18.0. The van der Waals surface area contributed by atoms with E-state index in [0.717, 1.165) is 0 Å². The highest BCUT2D eigenvalue weighted by molar-refractivity contribution is 5.92. The molecule has 0 aliphatic heterocycles. The molecule has 0 aromatic rings. The molecule has 0 bridgehead atoms. The molecule has 0 fully saturated rings. The molecule has 0 saturated carbocycles. The van der Waals surface area contributed by atoms with Gasteiger partial charge in [0, 0.05) is 0 Å². The Labute approximate surface area is 133 Å². The lowest BCUT2D eigenvalue weighted by Gasteiger charge is -2.21. The number of aliphatic hydroxyl groups is 1. The van der Waals surface area contributed by atoms with Gasteiger partial charge in [0.1, 0.15) is 12.6 Å². The molecule has 0 aliphatic rings. The van der Waals surface area contributed by atoms with Gasteiger partial charge in [0.25, 0.3) is 0 Å². The molecule has 3 atom stereocenters. The second-order valence-corrected chi connectivity index (χ2v) is 5.04. The average molecular weight is 332 g/mol. The summed E-state index contributed by atoms with van der Waals surface area (Å²) >= 11 is 0. The quantitative estimate of drug-likeness (QED) is 0.250. The molecular formula is C13H24N4O6. The molecule has 23 heavy (non-hydrogen) atoms. The molecule has 0 radical (unpaired) electrons. The lowest BCUT2D eigenvalue weighted by molar-refractivity contribution is -0.138. The number of nitrogens with one attached hydrogen (secondary N) is 3. The third-order valence-electron chi connectivity index (χ3n) is 3.24. The molecule has 0 aliphatic carbocycles. The number of aliphatic carboxylic acids is 1. The van der Waals surface area contributed by atoms with Crippen molar-refractivity contribution in [2.24, 2.45) is 11.7 Å². The smallest absolute Gasteiger partial charge is 0.322 e. The third kappa shape index (κ3) is 8.12. The van der Waals surface area contributed by atoms with E-state index in [2.05, 4.69) is 16.0 Å². The van der Waals surface area contributed by atoms with Gasteiger partial charge in [-0.25, -0.2) is 0 Å². The fraction of sp³-hybridized carbons (Fsp3) is 0.692. The Morgan fingerprint density at radius 2 is 1.70 bits per heavy atom. The number of nitrogens with two attached hydrogens (primary N) is 1. The van der Waals surface area contributed by atoms with E-state index in [1.807, 2.05) is 6.92 Å². The summed E-state index contributed by atoms with van der Waals surface area (Å²) in [5.41, 5.74) is 5.72. The first-order valence-electron chi connectivity index (χ1n) is 7.15. The van der Waals surface area contributed by atoms with E-state index < -0.39 is 55.5 Å². The van der Waals surface area contributed by atoms with Crippen molar-refractivity contribution < 1.29 is 29.4 Å². The van der Waals surface area contributed by atoms with Crippen molar-refractivity contribution in [3.63, 3.8) is 0 Å². The van der Waals surface area contributed by atoms with Gasteiger partial charge in [-0.05, 0) is 5.92 Å². The maximum absolute atomic E-state index is 11.9. The second kappa shape index (κ2) is 10.5. The van der Waals surface area contributed by atoms with Gasteiger partial charge < -0.3 is 31.9 Å². The Kier molecular flexibility index (Phi) is 9.51. The lowest BCUT2D eigenvalue weighted by atomic mass is 9.99. The zero-order valence-corrected chi connectivity index (χ0v) is 13.2. The largest absolute Gasteiger partial charge is 0.480 e. The molecule has 0 heterocycles. The molecule has 0 saturated heterocycles. The highest BCUT2D eigenvalue weighted by Gasteiger charge is 2.25. The van der Waals surface area contributed by atoms with Crippen molar-refractivity contribution in [3.8, 4) is 0 Å². The van der Waals surface area contributed by atoms with E-state index in [1.165, 1.54) is 0 Å². The molecule has 0 aromatic heterocycles. The van der Waals surface area contributed by atoms with Crippen molar-refractivity contribution in [2.45, 2.75) is 32.4 Å². The van der Waals surface area contributed by atoms with Crippen LogP contribution in [0.4, 0.5) is 0 Å². The Morgan fingerprint density at radius 1 is 1.09 bits per heavy atom. The van der Waals surface area contributed by atoms with Gasteiger partial charge in [0.05, 0.1) is 19.2 Å². The molecule has 0 rings (SSSR count). The third-order valence-corrected chi connectivity index (χ3v) is 3.24. The van der Waals surface area contributed by atoms with Crippen LogP contribution in [0.3, 0.4) is 0 Å². The van der Waals surface area contributed by atoms with Crippen LogP contribution in [0.1, 0.15) is 20.3 Å². The van der Waals surface area contributed by atoms with Gasteiger partial charge in [-0.1, -0.05) is 20.3 Å². The Bertz CT molecular complexity index is 442. The molecule has 10 nitrogen and oxygen atoms in total. The maximum Gasteiger partial charge on any atom is 0.322 e. The number of carbonyl (C=O) groups excluding carboxylic acids is 3. The molecule has 10 heteroatoms. The van der Waals surface area contributed by atoms with Gasteiger partial charge in [-0.2, -0.15) is 0 Å². The van der Waals surface area contributed by atoms with Crippen LogP contribution in [0.2, 0.25) is 0 Å². The molecule has 3 unspecified atom stereocenters. The summed E-state index contributed by atoms with van der Waals surface area (Å²) < 4.78 is 0. The summed E-state index contributed by atoms with van der Waals surface area (Å²) in [6.45, 7) is 1.94. The molecule has 132 valence electrons. The fourth-order valence-electron chi connectivity index (χ4n) is 1.50. The number of aliphatic hydroxyl groups excluding tert-OH is 1. The standard InChI is InChI=1S/C13H24N4O6/c1-3-7(2)11(14)13(23)17-8(6-18)12(22)16-4-9(19)15-5-10(20)21/h7-8,11,18H,3-6,14H2,1-2H3,(H,15,19)(H,16,22)(H,17,23)(H,20,21). The number of hydrogen-bond acceptors (Lipinski definition) is 6. The van der Waals surface area contributed by atoms with Crippen LogP contribution >= 0.6 is 0 Å². The van der Waals surface area contributed by atoms with E-state index in [9.17, 15) is 19.2 Å². The minimum absolute atomic E-state index is 0.0980. The van der Waals surface area contributed by atoms with Crippen molar-refractivity contribution in [2.75, 3.05) is 19.7 Å². The van der Waals surface area contributed by atoms with E-state index in [0.29, 0.717) is 6.42 Å². The summed E-state index contributed by atoms with van der Waals surface area (Å²) in [4.78, 5) is 45.2. The van der Waals surface area contributed by atoms with Gasteiger partial charge in [-0.15, -0.1) is 0 Å². The SMILES string of the molecule is CCC(C)C(N)C(=O)NC(CO)C(=O)NCC(=O)NCC(=O)O. The summed E-state index contributed by atoms with van der Waals surface area (Å²) in [5, 5.41) is 24.1. The van der Waals surface area contributed by atoms with Crippen LogP contribution in [0.5, 0.6) is 0 Å². The highest BCUT2D eigenvalue weighted by atomic mass is 16.4. The Balaban J connectivity index is 4.39. The minimum Gasteiger partial charge on any atom is -0.480 e. The highest BCUT2D eigenvalue weighted by Crippen LogP contribution is 2.05. The fourth-order valence-corrected chi connectivity index (χ4v) is 1.50. The average Bonchev–Trinajstić information content (AvgIpc) is 2.53. The zero-order valence-electron chi connectivity index (χ0n) is 13.2. The van der Waals surface area contributed by atoms with Crippen LogP contribution in [0.25, 0.3) is 0 Å². The minimum atomic E-state index is -1.25. The molecular weight excluding hydrogens is 308 g/mol. The Morgan fingerprint density at radius 3 is 2.17 bits per heavy atom. The topological polar surface area (TPSA) is 171 Å². The Hall–Kier alpha value is -2.20. The van der Waals surface area contributed by atoms with Crippen molar-refractivity contribution in [1.82, 2.24) is 16.0 Å². The van der Waals surface area contributed by atoms with Gasteiger partial charge in [0.15, 0.2) is 0 Å². The van der Waals surface area contributed by atoms with Gasteiger partial charge in [0.2, 0.25) is 17.7 Å². The van der Waals surface area contributed by atoms with Crippen LogP contribution in [0, 0.1) is 5.92 Å². The van der Waals surface area contributed by atoms with E-state index in [-0.39, 0.29) is 5.92 Å². The number of carboxylic acid groups (broad SMARTS) is 1. The number of carbonyl (C=O) groups is 4. The van der Waals surface area contributed by atoms with Crippen LogP contribution in [-0.4, -0.2) is 65.7 Å². The monoisotopic (exact) mass is 332 g/mol. The first-order chi connectivity index (χ1) is 10.7. The summed E-state index contributed by atoms with van der Waals surface area (Å²) in [6.07, 6.45) is 0.675. The van der Waals surface area contributed by atoms with E-state index in [1.54, 1.807) is 6.92 Å². The predicted octanol–water partition coefficient (Wildman–Crippen LogP) is -2.85. The normalized spacial score (nSPS) is 14.3. The maximum atomic E-state index is 11.9. The van der Waals surface area contributed by atoms with Crippen molar-refractivity contribution >= 4 is 23.7 Å². The second-order valence-electron chi connectivity index (χ2n) is 5.04. The number of rotatable bonds is 10. The van der Waals surface area contributed by atoms with E-state index >= 15 is 0 Å². The number of amides is 3. The van der Waals surface area contributed by atoms with Crippen LogP contribution in [-0.2, 0) is 19.2 Å². The lowest BCUT2D eigenvalue weighted by Crippen LogP contribution is -2.55. The van der Waals surface area contributed by atoms with E-state index in [4.69, 9.17) is 15.9 Å². The summed E-state index contributed by atoms with van der Waals surface area (Å²) in [7, 11) is 0. The van der Waals surface area contributed by atoms with Crippen molar-refractivity contribution in [3.05, 3.63) is 0 Å². The van der Waals surface area contributed by atoms with Gasteiger partial charge >= 0.3 is 5.97 Å². The van der Waals surface area contributed by atoms with Crippen LogP contribution < -0.4 is 21.7 Å². The van der Waals surface area contributed by atoms with Crippen molar-refractivity contribution in [1.29, 1.82) is 0 Å². The molecule has 3 amide bonds. The molecule has 7 N–H and O–H groups in total.